The number of nitrogens with zero attached hydrogens (tertiary/aromatic N) is 4. The molecule has 2 aromatic heterocycles. The van der Waals surface area contributed by atoms with E-state index < -0.39 is 0 Å². The maximum absolute atomic E-state index is 12.8. The van der Waals surface area contributed by atoms with E-state index in [2.05, 4.69) is 20.3 Å². The molecule has 1 amide bonds. The van der Waals surface area contributed by atoms with Gasteiger partial charge in [-0.1, -0.05) is 12.1 Å². The highest BCUT2D eigenvalue weighted by atomic mass is 16.5. The molecule has 0 saturated heterocycles. The molecule has 1 aromatic carbocycles. The fraction of sp³-hybridized carbons (Fsp3) is 0.286. The summed E-state index contributed by atoms with van der Waals surface area (Å²) in [5.41, 5.74) is 1.90. The molecule has 4 rings (SSSR count). The molecule has 8 nitrogen and oxygen atoms in total. The van der Waals surface area contributed by atoms with Gasteiger partial charge in [0.2, 0.25) is 0 Å². The molecule has 29 heavy (non-hydrogen) atoms. The summed E-state index contributed by atoms with van der Waals surface area (Å²) >= 11 is 0. The molecule has 1 aliphatic heterocycles. The maximum Gasteiger partial charge on any atom is 0.255 e. The van der Waals surface area contributed by atoms with Gasteiger partial charge < -0.3 is 10.1 Å². The minimum atomic E-state index is -0.337. The van der Waals surface area contributed by atoms with Crippen LogP contribution in [0.1, 0.15) is 35.6 Å². The lowest BCUT2D eigenvalue weighted by atomic mass is 10.0. The first kappa shape index (κ1) is 18.8. The lowest BCUT2D eigenvalue weighted by Crippen LogP contribution is -2.30. The topological polar surface area (TPSA) is 99.0 Å². The monoisotopic (exact) mass is 391 g/mol. The highest BCUT2D eigenvalue weighted by Gasteiger charge is 2.33. The SMILES string of the molecule is Cn1c(CNC(=O)c2cccc3c2OC(C)(C)C3)nc(-c2ccncn2)cc1=O. The van der Waals surface area contributed by atoms with E-state index in [9.17, 15) is 9.59 Å². The van der Waals surface area contributed by atoms with Crippen molar-refractivity contribution >= 4 is 5.91 Å². The molecule has 0 fully saturated rings. The Labute approximate surface area is 167 Å². The molecular formula is C21H21N5O3. The first-order valence-corrected chi connectivity index (χ1v) is 9.26. The van der Waals surface area contributed by atoms with Crippen LogP contribution >= 0.6 is 0 Å². The van der Waals surface area contributed by atoms with Crippen molar-refractivity contribution in [1.29, 1.82) is 0 Å². The van der Waals surface area contributed by atoms with Crippen molar-refractivity contribution in [3.8, 4) is 17.1 Å². The second kappa shape index (κ2) is 7.12. The van der Waals surface area contributed by atoms with Crippen LogP contribution in [0.2, 0.25) is 0 Å². The number of carbonyl (C=O) groups is 1. The second-order valence-corrected chi connectivity index (χ2v) is 7.56. The fourth-order valence-corrected chi connectivity index (χ4v) is 3.37. The summed E-state index contributed by atoms with van der Waals surface area (Å²) in [6.45, 7) is 4.08. The van der Waals surface area contributed by atoms with Crippen molar-refractivity contribution < 1.29 is 9.53 Å². The Morgan fingerprint density at radius 3 is 2.86 bits per heavy atom. The van der Waals surface area contributed by atoms with Crippen LogP contribution in [0, 0.1) is 0 Å². The average Bonchev–Trinajstić information content (AvgIpc) is 3.03. The Bertz CT molecular complexity index is 1140. The van der Waals surface area contributed by atoms with Crippen molar-refractivity contribution in [3.05, 3.63) is 70.2 Å². The summed E-state index contributed by atoms with van der Waals surface area (Å²) in [6.07, 6.45) is 3.73. The molecule has 1 aliphatic rings. The number of rotatable bonds is 4. The molecule has 3 heterocycles. The van der Waals surface area contributed by atoms with Gasteiger partial charge in [0.1, 0.15) is 23.5 Å². The van der Waals surface area contributed by atoms with E-state index in [0.717, 1.165) is 12.0 Å². The van der Waals surface area contributed by atoms with Crippen molar-refractivity contribution in [2.24, 2.45) is 7.05 Å². The van der Waals surface area contributed by atoms with Crippen molar-refractivity contribution in [3.63, 3.8) is 0 Å². The number of ether oxygens (including phenoxy) is 1. The Balaban J connectivity index is 1.58. The number of para-hydroxylation sites is 1. The van der Waals surface area contributed by atoms with Crippen molar-refractivity contribution in [2.75, 3.05) is 0 Å². The van der Waals surface area contributed by atoms with E-state index in [0.29, 0.717) is 28.5 Å². The van der Waals surface area contributed by atoms with Gasteiger partial charge in [0.25, 0.3) is 11.5 Å². The number of amides is 1. The van der Waals surface area contributed by atoms with Crippen LogP contribution in [0.5, 0.6) is 5.75 Å². The molecule has 0 radical (unpaired) electrons. The van der Waals surface area contributed by atoms with Crippen LogP contribution in [0.15, 0.2) is 47.7 Å². The lowest BCUT2D eigenvalue weighted by Gasteiger charge is -2.18. The van der Waals surface area contributed by atoms with Gasteiger partial charge in [-0.3, -0.25) is 14.2 Å². The molecule has 0 bridgehead atoms. The van der Waals surface area contributed by atoms with Crippen molar-refractivity contribution in [2.45, 2.75) is 32.4 Å². The Morgan fingerprint density at radius 2 is 2.10 bits per heavy atom. The molecule has 0 aliphatic carbocycles. The largest absolute Gasteiger partial charge is 0.486 e. The van der Waals surface area contributed by atoms with Gasteiger partial charge in [0.05, 0.1) is 23.5 Å². The smallest absolute Gasteiger partial charge is 0.255 e. The first-order chi connectivity index (χ1) is 13.8. The third-order valence-electron chi connectivity index (χ3n) is 4.81. The quantitative estimate of drug-likeness (QED) is 0.729. The number of benzene rings is 1. The second-order valence-electron chi connectivity index (χ2n) is 7.56. The van der Waals surface area contributed by atoms with E-state index in [-0.39, 0.29) is 23.6 Å². The number of hydrogen-bond donors (Lipinski definition) is 1. The summed E-state index contributed by atoms with van der Waals surface area (Å²) in [4.78, 5) is 37.6. The van der Waals surface area contributed by atoms with Crippen LogP contribution in [0.4, 0.5) is 0 Å². The summed E-state index contributed by atoms with van der Waals surface area (Å²) in [6, 6.07) is 8.64. The lowest BCUT2D eigenvalue weighted by molar-refractivity contribution is 0.0935. The molecule has 0 saturated carbocycles. The molecule has 0 unspecified atom stereocenters. The predicted molar refractivity (Wildman–Crippen MR) is 107 cm³/mol. The number of carbonyl (C=O) groups excluding carboxylic acids is 1. The highest BCUT2D eigenvalue weighted by molar-refractivity contribution is 5.97. The summed E-state index contributed by atoms with van der Waals surface area (Å²) in [5, 5.41) is 2.85. The molecule has 0 atom stereocenters. The van der Waals surface area contributed by atoms with Crippen LogP contribution in [-0.2, 0) is 20.0 Å². The average molecular weight is 391 g/mol. The number of nitrogens with one attached hydrogen (secondary N) is 1. The minimum absolute atomic E-state index is 0.0938. The van der Waals surface area contributed by atoms with Gasteiger partial charge in [0.15, 0.2) is 0 Å². The van der Waals surface area contributed by atoms with E-state index in [1.54, 1.807) is 25.4 Å². The normalized spacial score (nSPS) is 14.2. The summed E-state index contributed by atoms with van der Waals surface area (Å²) < 4.78 is 7.38. The van der Waals surface area contributed by atoms with Crippen LogP contribution in [-0.4, -0.2) is 31.0 Å². The first-order valence-electron chi connectivity index (χ1n) is 9.26. The van der Waals surface area contributed by atoms with E-state index in [1.165, 1.54) is 17.0 Å². The van der Waals surface area contributed by atoms with Gasteiger partial charge >= 0.3 is 0 Å². The molecule has 0 spiro atoms. The minimum Gasteiger partial charge on any atom is -0.486 e. The maximum atomic E-state index is 12.8. The Kier molecular flexibility index (Phi) is 4.62. The highest BCUT2D eigenvalue weighted by Crippen LogP contribution is 2.37. The van der Waals surface area contributed by atoms with E-state index >= 15 is 0 Å². The number of aromatic nitrogens is 4. The fourth-order valence-electron chi connectivity index (χ4n) is 3.37. The van der Waals surface area contributed by atoms with E-state index in [1.807, 2.05) is 26.0 Å². The van der Waals surface area contributed by atoms with Gasteiger partial charge in [-0.2, -0.15) is 0 Å². The van der Waals surface area contributed by atoms with Gasteiger partial charge in [0, 0.05) is 25.7 Å². The third-order valence-corrected chi connectivity index (χ3v) is 4.81. The number of hydrogen-bond acceptors (Lipinski definition) is 6. The Hall–Kier alpha value is -3.55. The summed E-state index contributed by atoms with van der Waals surface area (Å²) in [7, 11) is 1.62. The number of fused-ring (bicyclic) bond motifs is 1. The van der Waals surface area contributed by atoms with Gasteiger partial charge in [-0.05, 0) is 31.5 Å². The molecule has 8 heteroatoms. The predicted octanol–water partition coefficient (Wildman–Crippen LogP) is 1.88. The van der Waals surface area contributed by atoms with Gasteiger partial charge in [-0.25, -0.2) is 15.0 Å². The molecule has 3 aromatic rings. The third kappa shape index (κ3) is 3.73. The molecule has 148 valence electrons. The zero-order valence-corrected chi connectivity index (χ0v) is 16.5. The van der Waals surface area contributed by atoms with E-state index in [4.69, 9.17) is 4.74 Å². The Morgan fingerprint density at radius 1 is 1.28 bits per heavy atom. The van der Waals surface area contributed by atoms with Crippen LogP contribution < -0.4 is 15.6 Å². The van der Waals surface area contributed by atoms with Crippen LogP contribution in [0.25, 0.3) is 11.4 Å². The van der Waals surface area contributed by atoms with Crippen LogP contribution in [0.3, 0.4) is 0 Å². The summed E-state index contributed by atoms with van der Waals surface area (Å²) in [5.74, 6) is 0.765. The zero-order valence-electron chi connectivity index (χ0n) is 16.5. The van der Waals surface area contributed by atoms with Crippen molar-refractivity contribution in [1.82, 2.24) is 24.8 Å². The zero-order chi connectivity index (χ0) is 20.6. The molecular weight excluding hydrogens is 370 g/mol. The molecule has 1 N–H and O–H groups in total. The van der Waals surface area contributed by atoms with Gasteiger partial charge in [-0.15, -0.1) is 0 Å². The standard InChI is InChI=1S/C21H21N5O3/c1-21(2)10-13-5-4-6-14(19(13)29-21)20(28)23-11-17-25-16(9-18(27)26(17)3)15-7-8-22-12-24-15/h4-9,12H,10-11H2,1-3H3,(H,23,28).